The molecule has 43 valence electrons. The van der Waals surface area contributed by atoms with Crippen LogP contribution in [-0.4, -0.2) is 4.75 Å². The highest BCUT2D eigenvalue weighted by atomic mass is 32.1. The Morgan fingerprint density at radius 1 is 1.38 bits per heavy atom. The molecular weight excluding hydrogens is 116 g/mol. The summed E-state index contributed by atoms with van der Waals surface area (Å²) in [7, 11) is 0. The average molecular weight is 125 g/mol. The fraction of sp³-hybridized carbons (Fsp3) is 0.714. The monoisotopic (exact) mass is 125 g/mol. The first-order chi connectivity index (χ1) is 3.77. The Bertz CT molecular complexity index is 115. The van der Waals surface area contributed by atoms with Crippen LogP contribution in [0, 0.1) is 12.3 Å². The highest BCUT2D eigenvalue weighted by Crippen LogP contribution is 2.34. The molecule has 1 saturated carbocycles. The standard InChI is InChI=1S/C7H9S/c1-2-7(8)5-3-4-6-7/h1H,3-6H2. The van der Waals surface area contributed by atoms with Crippen molar-refractivity contribution in [3.8, 4) is 12.3 Å². The van der Waals surface area contributed by atoms with Gasteiger partial charge < -0.3 is 0 Å². The number of rotatable bonds is 0. The molecule has 0 bridgehead atoms. The van der Waals surface area contributed by atoms with Gasteiger partial charge in [-0.2, -0.15) is 0 Å². The van der Waals surface area contributed by atoms with Crippen LogP contribution in [0.1, 0.15) is 25.7 Å². The third kappa shape index (κ3) is 1.00. The maximum atomic E-state index is 5.21. The predicted molar refractivity (Wildman–Crippen MR) is 37.6 cm³/mol. The Hall–Kier alpha value is -0.0900. The maximum absolute atomic E-state index is 5.21. The Morgan fingerprint density at radius 2 is 1.88 bits per heavy atom. The summed E-state index contributed by atoms with van der Waals surface area (Å²) >= 11 is 5.13. The summed E-state index contributed by atoms with van der Waals surface area (Å²) in [4.78, 5) is 0. The Labute approximate surface area is 56.1 Å². The summed E-state index contributed by atoms with van der Waals surface area (Å²) in [5.74, 6) is 2.66. The van der Waals surface area contributed by atoms with Crippen molar-refractivity contribution in [2.24, 2.45) is 0 Å². The Kier molecular flexibility index (Phi) is 1.53. The normalized spacial score (nSPS) is 25.0. The molecule has 0 nitrogen and oxygen atoms in total. The largest absolute Gasteiger partial charge is 0.119 e. The van der Waals surface area contributed by atoms with Crippen LogP contribution in [-0.2, 0) is 0 Å². The second-order valence-corrected chi connectivity index (χ2v) is 3.13. The second kappa shape index (κ2) is 2.03. The lowest BCUT2D eigenvalue weighted by atomic mass is 10.1. The van der Waals surface area contributed by atoms with E-state index in [9.17, 15) is 0 Å². The molecule has 8 heavy (non-hydrogen) atoms. The number of hydrogen-bond acceptors (Lipinski definition) is 0. The molecule has 1 fully saturated rings. The van der Waals surface area contributed by atoms with E-state index in [4.69, 9.17) is 19.1 Å². The van der Waals surface area contributed by atoms with Crippen molar-refractivity contribution in [1.82, 2.24) is 0 Å². The zero-order valence-corrected chi connectivity index (χ0v) is 5.63. The molecule has 1 radical (unpaired) electrons. The van der Waals surface area contributed by atoms with E-state index in [2.05, 4.69) is 5.92 Å². The van der Waals surface area contributed by atoms with E-state index in [1.807, 2.05) is 0 Å². The minimum Gasteiger partial charge on any atom is -0.119 e. The minimum atomic E-state index is -0.153. The summed E-state index contributed by atoms with van der Waals surface area (Å²) in [5.41, 5.74) is 0. The lowest BCUT2D eigenvalue weighted by Gasteiger charge is -2.10. The topological polar surface area (TPSA) is 0 Å². The van der Waals surface area contributed by atoms with Crippen LogP contribution in [0.15, 0.2) is 0 Å². The zero-order valence-electron chi connectivity index (χ0n) is 4.81. The van der Waals surface area contributed by atoms with Gasteiger partial charge in [0.15, 0.2) is 0 Å². The van der Waals surface area contributed by atoms with Crippen molar-refractivity contribution in [3.05, 3.63) is 0 Å². The van der Waals surface area contributed by atoms with Gasteiger partial charge in [0, 0.05) is 0 Å². The summed E-state index contributed by atoms with van der Waals surface area (Å²) in [6.45, 7) is 0. The van der Waals surface area contributed by atoms with Crippen molar-refractivity contribution < 1.29 is 0 Å². The van der Waals surface area contributed by atoms with Gasteiger partial charge in [-0.1, -0.05) is 31.4 Å². The van der Waals surface area contributed by atoms with Crippen LogP contribution < -0.4 is 0 Å². The first-order valence-corrected chi connectivity index (χ1v) is 3.36. The molecule has 0 unspecified atom stereocenters. The lowest BCUT2D eigenvalue weighted by Crippen LogP contribution is -2.11. The third-order valence-electron chi connectivity index (χ3n) is 1.67. The van der Waals surface area contributed by atoms with E-state index in [1.54, 1.807) is 0 Å². The molecular formula is C7H9S. The molecule has 0 aromatic carbocycles. The van der Waals surface area contributed by atoms with Crippen LogP contribution >= 0.6 is 12.6 Å². The van der Waals surface area contributed by atoms with Crippen molar-refractivity contribution in [2.75, 3.05) is 0 Å². The smallest absolute Gasteiger partial charge is 0.0865 e. The lowest BCUT2D eigenvalue weighted by molar-refractivity contribution is 0.779. The third-order valence-corrected chi connectivity index (χ3v) is 2.20. The van der Waals surface area contributed by atoms with Crippen LogP contribution in [0.25, 0.3) is 0 Å². The summed E-state index contributed by atoms with van der Waals surface area (Å²) in [6, 6.07) is 0. The van der Waals surface area contributed by atoms with Crippen LogP contribution in [0.3, 0.4) is 0 Å². The SMILES string of the molecule is C#CC1([S])CCCC1. The molecule has 0 amide bonds. The highest BCUT2D eigenvalue weighted by molar-refractivity contribution is 7.82. The molecule has 0 atom stereocenters. The predicted octanol–water partition coefficient (Wildman–Crippen LogP) is 2.13. The second-order valence-electron chi connectivity index (χ2n) is 2.35. The van der Waals surface area contributed by atoms with E-state index in [1.165, 1.54) is 12.8 Å². The number of hydrogen-bond donors (Lipinski definition) is 0. The van der Waals surface area contributed by atoms with Crippen molar-refractivity contribution in [2.45, 2.75) is 30.4 Å². The van der Waals surface area contributed by atoms with Gasteiger partial charge >= 0.3 is 0 Å². The fourth-order valence-electron chi connectivity index (χ4n) is 1.09. The van der Waals surface area contributed by atoms with Gasteiger partial charge in [-0.3, -0.25) is 0 Å². The van der Waals surface area contributed by atoms with Crippen LogP contribution in [0.5, 0.6) is 0 Å². The molecule has 0 N–H and O–H groups in total. The van der Waals surface area contributed by atoms with Gasteiger partial charge in [-0.15, -0.1) is 6.42 Å². The Balaban J connectivity index is 2.56. The quantitative estimate of drug-likeness (QED) is 0.435. The molecule has 0 spiro atoms. The molecule has 0 saturated heterocycles. The van der Waals surface area contributed by atoms with Gasteiger partial charge in [0.25, 0.3) is 0 Å². The average Bonchev–Trinajstić information content (AvgIpc) is 2.17. The number of terminal acetylenes is 1. The molecule has 1 aliphatic rings. The highest BCUT2D eigenvalue weighted by Gasteiger charge is 2.27. The van der Waals surface area contributed by atoms with Crippen molar-refractivity contribution >= 4 is 12.6 Å². The van der Waals surface area contributed by atoms with E-state index >= 15 is 0 Å². The van der Waals surface area contributed by atoms with Gasteiger partial charge in [-0.05, 0) is 12.8 Å². The molecule has 1 rings (SSSR count). The van der Waals surface area contributed by atoms with Crippen molar-refractivity contribution in [3.63, 3.8) is 0 Å². The van der Waals surface area contributed by atoms with E-state index in [0.29, 0.717) is 0 Å². The minimum absolute atomic E-state index is 0.153. The summed E-state index contributed by atoms with van der Waals surface area (Å²) in [6.07, 6.45) is 9.78. The fourth-order valence-corrected chi connectivity index (χ4v) is 1.38. The van der Waals surface area contributed by atoms with Gasteiger partial charge in [0.1, 0.15) is 0 Å². The first-order valence-electron chi connectivity index (χ1n) is 2.95. The zero-order chi connectivity index (χ0) is 6.04. The molecule has 1 heteroatoms. The molecule has 0 heterocycles. The molecule has 0 aliphatic heterocycles. The van der Waals surface area contributed by atoms with Crippen molar-refractivity contribution in [1.29, 1.82) is 0 Å². The summed E-state index contributed by atoms with van der Waals surface area (Å²) in [5, 5.41) is 0. The molecule has 0 aromatic heterocycles. The van der Waals surface area contributed by atoms with Crippen LogP contribution in [0.4, 0.5) is 0 Å². The maximum Gasteiger partial charge on any atom is 0.0865 e. The van der Waals surface area contributed by atoms with Gasteiger partial charge in [0.2, 0.25) is 0 Å². The Morgan fingerprint density at radius 3 is 2.12 bits per heavy atom. The van der Waals surface area contributed by atoms with Crippen LogP contribution in [0.2, 0.25) is 0 Å². The summed E-state index contributed by atoms with van der Waals surface area (Å²) < 4.78 is -0.153. The van der Waals surface area contributed by atoms with E-state index in [-0.39, 0.29) is 4.75 Å². The molecule has 0 aromatic rings. The van der Waals surface area contributed by atoms with E-state index < -0.39 is 0 Å². The molecule has 1 aliphatic carbocycles. The van der Waals surface area contributed by atoms with E-state index in [0.717, 1.165) is 12.8 Å². The van der Waals surface area contributed by atoms with Gasteiger partial charge in [-0.25, -0.2) is 0 Å². The first kappa shape index (κ1) is 6.04. The van der Waals surface area contributed by atoms with Gasteiger partial charge in [0.05, 0.1) is 4.75 Å².